The summed E-state index contributed by atoms with van der Waals surface area (Å²) in [4.78, 5) is 23.1. The van der Waals surface area contributed by atoms with E-state index >= 15 is 0 Å². The molecule has 21 heavy (non-hydrogen) atoms. The van der Waals surface area contributed by atoms with E-state index in [1.54, 1.807) is 18.7 Å². The molecular weight excluding hydrogens is 407 g/mol. The monoisotopic (exact) mass is 432 g/mol. The molecule has 0 fully saturated rings. The van der Waals surface area contributed by atoms with Crippen LogP contribution >= 0.6 is 34.4 Å². The van der Waals surface area contributed by atoms with E-state index in [1.165, 1.54) is 7.11 Å². The lowest BCUT2D eigenvalue weighted by Gasteiger charge is -2.21. The topological polar surface area (TPSA) is 90.6 Å². The highest BCUT2D eigenvalue weighted by Crippen LogP contribution is 2.10. The van der Waals surface area contributed by atoms with Gasteiger partial charge in [0.25, 0.3) is 5.91 Å². The summed E-state index contributed by atoms with van der Waals surface area (Å²) in [6.07, 6.45) is 0.912. The van der Waals surface area contributed by atoms with E-state index in [1.807, 2.05) is 0 Å². The number of carbonyl (C=O) groups is 2. The fourth-order valence-corrected chi connectivity index (χ4v) is 3.16. The number of nitrogens with two attached hydrogens (primary N) is 1. The molecular formula is C13H25IN2O4S. The molecule has 0 radical (unpaired) electrons. The molecule has 124 valence electrons. The third kappa shape index (κ3) is 10.3. The van der Waals surface area contributed by atoms with Crippen LogP contribution in [0.5, 0.6) is 0 Å². The maximum atomic E-state index is 12.0. The molecule has 1 amide bonds. The van der Waals surface area contributed by atoms with Crippen molar-refractivity contribution in [2.24, 2.45) is 5.73 Å². The fraction of sp³-hybridized carbons (Fsp3) is 0.846. The molecule has 0 aromatic carbocycles. The molecule has 0 aliphatic carbocycles. The van der Waals surface area contributed by atoms with E-state index in [2.05, 4.69) is 27.9 Å². The second kappa shape index (κ2) is 13.6. The number of halogens is 1. The van der Waals surface area contributed by atoms with E-state index in [9.17, 15) is 9.59 Å². The third-order valence-electron chi connectivity index (χ3n) is 2.74. The number of ether oxygens (including phenoxy) is 2. The minimum Gasteiger partial charge on any atom is -0.466 e. The highest BCUT2D eigenvalue weighted by atomic mass is 127. The summed E-state index contributed by atoms with van der Waals surface area (Å²) in [6.45, 7) is 2.55. The van der Waals surface area contributed by atoms with Crippen LogP contribution in [-0.2, 0) is 19.1 Å². The average Bonchev–Trinajstić information content (AvgIpc) is 2.45. The second-order valence-electron chi connectivity index (χ2n) is 4.33. The normalized spacial score (nSPS) is 13.5. The predicted molar refractivity (Wildman–Crippen MR) is 93.6 cm³/mol. The van der Waals surface area contributed by atoms with Crippen molar-refractivity contribution in [3.05, 3.63) is 0 Å². The Labute approximate surface area is 144 Å². The molecule has 0 aliphatic heterocycles. The maximum Gasteiger partial charge on any atom is 0.305 e. The maximum absolute atomic E-state index is 12.0. The number of hydrogen-bond donors (Lipinski definition) is 2. The number of esters is 1. The molecule has 0 saturated heterocycles. The molecule has 0 heterocycles. The summed E-state index contributed by atoms with van der Waals surface area (Å²) < 4.78 is 11.0. The van der Waals surface area contributed by atoms with Crippen molar-refractivity contribution in [3.8, 4) is 0 Å². The zero-order valence-electron chi connectivity index (χ0n) is 12.6. The van der Waals surface area contributed by atoms with E-state index in [4.69, 9.17) is 15.2 Å². The van der Waals surface area contributed by atoms with Gasteiger partial charge in [0.05, 0.1) is 6.61 Å². The first kappa shape index (κ1) is 20.9. The molecule has 8 heteroatoms. The Kier molecular flexibility index (Phi) is 13.6. The van der Waals surface area contributed by atoms with Crippen LogP contribution in [0.15, 0.2) is 0 Å². The molecule has 3 N–H and O–H groups in total. The van der Waals surface area contributed by atoms with Gasteiger partial charge in [0.2, 0.25) is 0 Å². The van der Waals surface area contributed by atoms with Crippen LogP contribution < -0.4 is 11.1 Å². The van der Waals surface area contributed by atoms with Crippen LogP contribution in [0.2, 0.25) is 0 Å². The fourth-order valence-electron chi connectivity index (χ4n) is 1.68. The molecule has 0 saturated carbocycles. The number of amides is 1. The number of thioether (sulfide) groups is 1. The zero-order valence-corrected chi connectivity index (χ0v) is 15.6. The number of carbonyl (C=O) groups excluding carboxylic acids is 2. The second-order valence-corrected chi connectivity index (χ2v) is 7.23. The molecule has 6 nitrogen and oxygen atoms in total. The standard InChI is InChI=1S/C13H25IN2O4S/c1-3-20-11(17)5-4-7-16-13(18)12(19-2)10(15)6-8-21-9-14/h10,12H,3-9,15H2,1-2H3,(H,16,18)/t10-,12?/m1/s1. The lowest BCUT2D eigenvalue weighted by atomic mass is 10.1. The smallest absolute Gasteiger partial charge is 0.305 e. The largest absolute Gasteiger partial charge is 0.466 e. The lowest BCUT2D eigenvalue weighted by molar-refractivity contribution is -0.143. The van der Waals surface area contributed by atoms with E-state index in [0.717, 1.165) is 15.9 Å². The molecule has 0 aliphatic rings. The minimum absolute atomic E-state index is 0.228. The molecule has 0 aromatic rings. The molecule has 0 bridgehead atoms. The van der Waals surface area contributed by atoms with Gasteiger partial charge in [-0.05, 0) is 25.5 Å². The molecule has 1 unspecified atom stereocenters. The summed E-state index contributed by atoms with van der Waals surface area (Å²) in [5.41, 5.74) is 5.99. The predicted octanol–water partition coefficient (Wildman–Crippen LogP) is 1.30. The number of methoxy groups -OCH3 is 1. The van der Waals surface area contributed by atoms with Crippen molar-refractivity contribution in [2.45, 2.75) is 38.3 Å². The molecule has 0 spiro atoms. The summed E-state index contributed by atoms with van der Waals surface area (Å²) >= 11 is 4.05. The van der Waals surface area contributed by atoms with Crippen molar-refractivity contribution in [1.82, 2.24) is 5.32 Å². The van der Waals surface area contributed by atoms with E-state index < -0.39 is 6.10 Å². The number of alkyl halides is 1. The van der Waals surface area contributed by atoms with Gasteiger partial charge in [-0.3, -0.25) is 9.59 Å². The first-order chi connectivity index (χ1) is 10.1. The Morgan fingerprint density at radius 3 is 2.71 bits per heavy atom. The summed E-state index contributed by atoms with van der Waals surface area (Å²) in [6, 6.07) is -0.324. The van der Waals surface area contributed by atoms with Crippen molar-refractivity contribution < 1.29 is 19.1 Å². The van der Waals surface area contributed by atoms with Crippen LogP contribution in [0.25, 0.3) is 0 Å². The van der Waals surface area contributed by atoms with Crippen LogP contribution in [-0.4, -0.2) is 53.8 Å². The van der Waals surface area contributed by atoms with Gasteiger partial charge in [-0.15, -0.1) is 0 Å². The van der Waals surface area contributed by atoms with Crippen molar-refractivity contribution in [2.75, 3.05) is 29.8 Å². The van der Waals surface area contributed by atoms with Gasteiger partial charge in [0.1, 0.15) is 0 Å². The number of nitrogens with one attached hydrogen (secondary N) is 1. The van der Waals surface area contributed by atoms with Crippen LogP contribution in [0.4, 0.5) is 0 Å². The number of rotatable bonds is 12. The van der Waals surface area contributed by atoms with Gasteiger partial charge in [-0.2, -0.15) is 11.8 Å². The Morgan fingerprint density at radius 2 is 2.14 bits per heavy atom. The van der Waals surface area contributed by atoms with Crippen LogP contribution in [0.3, 0.4) is 0 Å². The minimum atomic E-state index is -0.651. The van der Waals surface area contributed by atoms with Gasteiger partial charge < -0.3 is 20.5 Å². The SMILES string of the molecule is CCOC(=O)CCCNC(=O)C(OC)[C@H](N)CCSCI. The first-order valence-corrected chi connectivity index (χ1v) is 9.60. The Balaban J connectivity index is 3.95. The Bertz CT molecular complexity index is 308. The van der Waals surface area contributed by atoms with E-state index in [-0.39, 0.29) is 17.9 Å². The van der Waals surface area contributed by atoms with Gasteiger partial charge >= 0.3 is 5.97 Å². The molecule has 2 atom stereocenters. The Hall–Kier alpha value is -0.0600. The highest BCUT2D eigenvalue weighted by molar-refractivity contribution is 14.1. The summed E-state index contributed by atoms with van der Waals surface area (Å²) in [7, 11) is 1.48. The summed E-state index contributed by atoms with van der Waals surface area (Å²) in [5.74, 6) is 0.427. The van der Waals surface area contributed by atoms with Crippen LogP contribution in [0, 0.1) is 0 Å². The van der Waals surface area contributed by atoms with Crippen molar-refractivity contribution >= 4 is 46.2 Å². The molecule has 0 rings (SSSR count). The highest BCUT2D eigenvalue weighted by Gasteiger charge is 2.24. The Morgan fingerprint density at radius 1 is 1.43 bits per heavy atom. The average molecular weight is 432 g/mol. The van der Waals surface area contributed by atoms with Crippen molar-refractivity contribution in [3.63, 3.8) is 0 Å². The van der Waals surface area contributed by atoms with Crippen LogP contribution in [0.1, 0.15) is 26.2 Å². The quantitative estimate of drug-likeness (QED) is 0.209. The van der Waals surface area contributed by atoms with Gasteiger partial charge in [0.15, 0.2) is 6.10 Å². The zero-order chi connectivity index (χ0) is 16.1. The summed E-state index contributed by atoms with van der Waals surface area (Å²) in [5, 5.41) is 2.74. The lowest BCUT2D eigenvalue weighted by Crippen LogP contribution is -2.48. The number of hydrogen-bond acceptors (Lipinski definition) is 6. The van der Waals surface area contributed by atoms with E-state index in [0.29, 0.717) is 26.0 Å². The van der Waals surface area contributed by atoms with Gasteiger partial charge in [0, 0.05) is 29.9 Å². The molecule has 0 aromatic heterocycles. The third-order valence-corrected chi connectivity index (χ3v) is 4.74. The van der Waals surface area contributed by atoms with Crippen molar-refractivity contribution in [1.29, 1.82) is 0 Å². The van der Waals surface area contributed by atoms with Gasteiger partial charge in [-0.25, -0.2) is 0 Å². The van der Waals surface area contributed by atoms with Gasteiger partial charge in [-0.1, -0.05) is 22.6 Å². The first-order valence-electron chi connectivity index (χ1n) is 6.92.